The zero-order valence-electron chi connectivity index (χ0n) is 15.6. The van der Waals surface area contributed by atoms with Gasteiger partial charge in [-0.05, 0) is 37.0 Å². The Labute approximate surface area is 161 Å². The lowest BCUT2D eigenvalue weighted by atomic mass is 9.99. The fourth-order valence-electron chi connectivity index (χ4n) is 3.74. The fraction of sp³-hybridized carbons (Fsp3) is 0.368. The Morgan fingerprint density at radius 3 is 2.71 bits per heavy atom. The average Bonchev–Trinajstić information content (AvgIpc) is 3.47. The number of rotatable bonds is 5. The molecule has 0 bridgehead atoms. The van der Waals surface area contributed by atoms with Crippen LogP contribution in [0.15, 0.2) is 36.9 Å². The highest BCUT2D eigenvalue weighted by Crippen LogP contribution is 2.38. The Balaban J connectivity index is 1.57. The van der Waals surface area contributed by atoms with Crippen molar-refractivity contribution in [3.05, 3.63) is 48.3 Å². The molecule has 5 rings (SSSR count). The Hall–Kier alpha value is -3.36. The van der Waals surface area contributed by atoms with E-state index in [2.05, 4.69) is 31.3 Å². The quantitative estimate of drug-likeness (QED) is 0.528. The van der Waals surface area contributed by atoms with Gasteiger partial charge in [0.1, 0.15) is 12.9 Å². The number of pyridine rings is 1. The first-order valence-electron chi connectivity index (χ1n) is 9.42. The lowest BCUT2D eigenvalue weighted by Gasteiger charge is -2.15. The molecule has 1 saturated carbocycles. The second-order valence-electron chi connectivity index (χ2n) is 7.00. The summed E-state index contributed by atoms with van der Waals surface area (Å²) in [4.78, 5) is 8.30. The Kier molecular flexibility index (Phi) is 4.19. The molecule has 142 valence electrons. The average molecular weight is 376 g/mol. The maximum atomic E-state index is 6.12. The lowest BCUT2D eigenvalue weighted by Crippen LogP contribution is -2.10. The van der Waals surface area contributed by atoms with Gasteiger partial charge in [0.25, 0.3) is 0 Å². The molecule has 9 nitrogen and oxygen atoms in total. The first kappa shape index (κ1) is 16.8. The standard InChI is InChI=1S/C19H20N8O/c1-26-17(21-12-22-26)11-28-19-15(13-4-2-3-5-13)10-16-23-24-18(27(16)25-19)14-6-8-20-9-7-14/h6-10,12-13H,2-5,11H2,1H3. The van der Waals surface area contributed by atoms with Gasteiger partial charge in [-0.15, -0.1) is 15.3 Å². The van der Waals surface area contributed by atoms with Gasteiger partial charge in [-0.25, -0.2) is 4.98 Å². The van der Waals surface area contributed by atoms with E-state index < -0.39 is 0 Å². The van der Waals surface area contributed by atoms with Crippen LogP contribution in [0, 0.1) is 0 Å². The van der Waals surface area contributed by atoms with Crippen molar-refractivity contribution in [2.75, 3.05) is 0 Å². The van der Waals surface area contributed by atoms with E-state index >= 15 is 0 Å². The molecule has 0 N–H and O–H groups in total. The minimum atomic E-state index is 0.307. The Morgan fingerprint density at radius 2 is 1.96 bits per heavy atom. The summed E-state index contributed by atoms with van der Waals surface area (Å²) in [7, 11) is 1.85. The van der Waals surface area contributed by atoms with Crippen molar-refractivity contribution in [2.45, 2.75) is 38.2 Å². The first-order valence-corrected chi connectivity index (χ1v) is 9.42. The smallest absolute Gasteiger partial charge is 0.235 e. The van der Waals surface area contributed by atoms with Gasteiger partial charge in [0.15, 0.2) is 17.3 Å². The maximum Gasteiger partial charge on any atom is 0.235 e. The van der Waals surface area contributed by atoms with Gasteiger partial charge < -0.3 is 4.74 Å². The van der Waals surface area contributed by atoms with Crippen molar-refractivity contribution in [1.29, 1.82) is 0 Å². The van der Waals surface area contributed by atoms with Crippen LogP contribution < -0.4 is 4.74 Å². The number of hydrogen-bond donors (Lipinski definition) is 0. The monoisotopic (exact) mass is 376 g/mol. The van der Waals surface area contributed by atoms with E-state index in [4.69, 9.17) is 9.84 Å². The van der Waals surface area contributed by atoms with Crippen molar-refractivity contribution in [1.82, 2.24) is 39.6 Å². The molecule has 0 spiro atoms. The van der Waals surface area contributed by atoms with Crippen molar-refractivity contribution in [3.63, 3.8) is 0 Å². The zero-order valence-corrected chi connectivity index (χ0v) is 15.6. The van der Waals surface area contributed by atoms with E-state index in [1.807, 2.05) is 19.2 Å². The highest BCUT2D eigenvalue weighted by molar-refractivity contribution is 5.59. The van der Waals surface area contributed by atoms with Crippen LogP contribution in [0.1, 0.15) is 43.0 Å². The van der Waals surface area contributed by atoms with Gasteiger partial charge in [-0.2, -0.15) is 9.61 Å². The van der Waals surface area contributed by atoms with Gasteiger partial charge in [-0.3, -0.25) is 9.67 Å². The lowest BCUT2D eigenvalue weighted by molar-refractivity contribution is 0.269. The zero-order chi connectivity index (χ0) is 18.9. The van der Waals surface area contributed by atoms with Crippen LogP contribution in [0.25, 0.3) is 17.0 Å². The third-order valence-electron chi connectivity index (χ3n) is 5.26. The summed E-state index contributed by atoms with van der Waals surface area (Å²) >= 11 is 0. The molecular weight excluding hydrogens is 356 g/mol. The summed E-state index contributed by atoms with van der Waals surface area (Å²) in [6.07, 6.45) is 9.73. The summed E-state index contributed by atoms with van der Waals surface area (Å²) in [5, 5.41) is 17.6. The van der Waals surface area contributed by atoms with Crippen LogP contribution in [-0.2, 0) is 13.7 Å². The predicted octanol–water partition coefficient (Wildman–Crippen LogP) is 2.55. The van der Waals surface area contributed by atoms with Gasteiger partial charge in [-0.1, -0.05) is 12.8 Å². The molecule has 4 heterocycles. The largest absolute Gasteiger partial charge is 0.468 e. The van der Waals surface area contributed by atoms with E-state index in [-0.39, 0.29) is 0 Å². The number of hydrogen-bond acceptors (Lipinski definition) is 7. The highest BCUT2D eigenvalue weighted by atomic mass is 16.5. The minimum absolute atomic E-state index is 0.307. The predicted molar refractivity (Wildman–Crippen MR) is 101 cm³/mol. The SMILES string of the molecule is Cn1ncnc1COc1nn2c(-c3ccncc3)nnc2cc1C1CCCC1. The maximum absolute atomic E-state index is 6.12. The summed E-state index contributed by atoms with van der Waals surface area (Å²) in [6, 6.07) is 5.85. The fourth-order valence-corrected chi connectivity index (χ4v) is 3.74. The van der Waals surface area contributed by atoms with Crippen molar-refractivity contribution in [3.8, 4) is 17.3 Å². The Bertz CT molecular complexity index is 1100. The van der Waals surface area contributed by atoms with E-state index in [9.17, 15) is 0 Å². The van der Waals surface area contributed by atoms with Crippen LogP contribution in [0.5, 0.6) is 5.88 Å². The summed E-state index contributed by atoms with van der Waals surface area (Å²) in [5.41, 5.74) is 2.73. The molecule has 0 atom stereocenters. The number of aryl methyl sites for hydroxylation is 1. The van der Waals surface area contributed by atoms with Gasteiger partial charge in [0, 0.05) is 30.6 Å². The normalized spacial score (nSPS) is 14.8. The van der Waals surface area contributed by atoms with E-state index in [0.717, 1.165) is 35.4 Å². The van der Waals surface area contributed by atoms with Crippen LogP contribution >= 0.6 is 0 Å². The van der Waals surface area contributed by atoms with Crippen LogP contribution in [0.4, 0.5) is 0 Å². The molecule has 0 aliphatic heterocycles. The van der Waals surface area contributed by atoms with Gasteiger partial charge in [0.05, 0.1) is 0 Å². The number of aromatic nitrogens is 8. The second kappa shape index (κ2) is 6.99. The molecule has 0 saturated heterocycles. The molecule has 1 aliphatic carbocycles. The summed E-state index contributed by atoms with van der Waals surface area (Å²) in [5.74, 6) is 2.46. The van der Waals surface area contributed by atoms with E-state index in [1.54, 1.807) is 21.6 Å². The third kappa shape index (κ3) is 2.98. The molecule has 0 aromatic carbocycles. The molecule has 0 amide bonds. The molecule has 4 aromatic rings. The van der Waals surface area contributed by atoms with Crippen LogP contribution in [0.2, 0.25) is 0 Å². The molecule has 28 heavy (non-hydrogen) atoms. The van der Waals surface area contributed by atoms with Crippen molar-refractivity contribution < 1.29 is 4.74 Å². The number of fused-ring (bicyclic) bond motifs is 1. The minimum Gasteiger partial charge on any atom is -0.468 e. The van der Waals surface area contributed by atoms with Gasteiger partial charge >= 0.3 is 0 Å². The summed E-state index contributed by atoms with van der Waals surface area (Å²) < 4.78 is 9.56. The molecule has 9 heteroatoms. The highest BCUT2D eigenvalue weighted by Gasteiger charge is 2.24. The van der Waals surface area contributed by atoms with Crippen LogP contribution in [0.3, 0.4) is 0 Å². The first-order chi connectivity index (χ1) is 13.8. The molecule has 0 radical (unpaired) electrons. The molecular formula is C19H20N8O. The van der Waals surface area contributed by atoms with Crippen molar-refractivity contribution in [2.24, 2.45) is 7.05 Å². The van der Waals surface area contributed by atoms with Crippen LogP contribution in [-0.4, -0.2) is 39.6 Å². The molecule has 4 aromatic heterocycles. The molecule has 1 aliphatic rings. The number of nitrogens with zero attached hydrogens (tertiary/aromatic N) is 8. The third-order valence-corrected chi connectivity index (χ3v) is 5.26. The second-order valence-corrected chi connectivity index (χ2v) is 7.00. The Morgan fingerprint density at radius 1 is 1.14 bits per heavy atom. The molecule has 1 fully saturated rings. The van der Waals surface area contributed by atoms with Crippen molar-refractivity contribution >= 4 is 5.65 Å². The van der Waals surface area contributed by atoms with Gasteiger partial charge in [0.2, 0.25) is 5.88 Å². The topological polar surface area (TPSA) is 95.9 Å². The number of ether oxygens (including phenoxy) is 1. The van der Waals surface area contributed by atoms with E-state index in [1.165, 1.54) is 19.2 Å². The van der Waals surface area contributed by atoms with E-state index in [0.29, 0.717) is 24.2 Å². The molecule has 0 unspecified atom stereocenters. The summed E-state index contributed by atoms with van der Waals surface area (Å²) in [6.45, 7) is 0.307.